The van der Waals surface area contributed by atoms with E-state index in [1.54, 1.807) is 0 Å². The van der Waals surface area contributed by atoms with Crippen molar-refractivity contribution in [2.75, 3.05) is 52.5 Å². The Labute approximate surface area is 135 Å². The number of unbranched alkanes of at least 4 members (excludes halogenated alkanes) is 2. The molecule has 0 aromatic heterocycles. The maximum Gasteiger partial charge on any atom is 0.157 e. The lowest BCUT2D eigenvalue weighted by molar-refractivity contribution is -0.162. The number of hydrogen-bond acceptors (Lipinski definition) is 5. The third-order valence-corrected chi connectivity index (χ3v) is 4.55. The van der Waals surface area contributed by atoms with Crippen LogP contribution in [0.4, 0.5) is 0 Å². The number of aliphatic hydroxyl groups excluding tert-OH is 1. The zero-order valence-electron chi connectivity index (χ0n) is 14.2. The third kappa shape index (κ3) is 7.38. The Kier molecular flexibility index (Phi) is 8.70. The van der Waals surface area contributed by atoms with E-state index in [9.17, 15) is 5.11 Å². The minimum absolute atomic E-state index is 0.0655. The monoisotopic (exact) mass is 314 g/mol. The summed E-state index contributed by atoms with van der Waals surface area (Å²) in [6.07, 6.45) is 6.98. The summed E-state index contributed by atoms with van der Waals surface area (Å²) in [5.74, 6) is 0. The van der Waals surface area contributed by atoms with Crippen LogP contribution in [-0.4, -0.2) is 79.8 Å². The maximum absolute atomic E-state index is 9.41. The minimum atomic E-state index is -0.209. The molecule has 2 aliphatic rings. The topological polar surface area (TPSA) is 45.2 Å². The fourth-order valence-corrected chi connectivity index (χ4v) is 3.24. The number of aliphatic hydroxyl groups is 1. The molecular weight excluding hydrogens is 280 g/mol. The molecule has 22 heavy (non-hydrogen) atoms. The molecule has 2 saturated heterocycles. The van der Waals surface area contributed by atoms with E-state index in [2.05, 4.69) is 9.80 Å². The van der Waals surface area contributed by atoms with E-state index >= 15 is 0 Å². The van der Waals surface area contributed by atoms with Gasteiger partial charge in [-0.2, -0.15) is 0 Å². The molecule has 0 aliphatic carbocycles. The lowest BCUT2D eigenvalue weighted by Gasteiger charge is -2.35. The van der Waals surface area contributed by atoms with Crippen LogP contribution in [0, 0.1) is 0 Å². The Morgan fingerprint density at radius 1 is 1.09 bits per heavy atom. The van der Waals surface area contributed by atoms with Gasteiger partial charge in [0.25, 0.3) is 0 Å². The van der Waals surface area contributed by atoms with Crippen LogP contribution in [0.3, 0.4) is 0 Å². The minimum Gasteiger partial charge on any atom is -0.392 e. The van der Waals surface area contributed by atoms with E-state index in [-0.39, 0.29) is 12.4 Å². The molecule has 5 nitrogen and oxygen atoms in total. The van der Waals surface area contributed by atoms with Crippen molar-refractivity contribution in [1.82, 2.24) is 9.80 Å². The summed E-state index contributed by atoms with van der Waals surface area (Å²) in [6.45, 7) is 10.0. The Hall–Kier alpha value is -0.200. The van der Waals surface area contributed by atoms with Gasteiger partial charge in [0.05, 0.1) is 6.10 Å². The molecule has 2 fully saturated rings. The largest absolute Gasteiger partial charge is 0.392 e. The molecule has 0 radical (unpaired) electrons. The molecule has 2 rings (SSSR count). The number of nitrogens with zero attached hydrogens (tertiary/aromatic N) is 2. The maximum atomic E-state index is 9.41. The Balaban J connectivity index is 1.41. The van der Waals surface area contributed by atoms with Crippen LogP contribution in [0.2, 0.25) is 0 Å². The van der Waals surface area contributed by atoms with E-state index in [0.717, 1.165) is 58.8 Å². The van der Waals surface area contributed by atoms with Gasteiger partial charge >= 0.3 is 0 Å². The number of ether oxygens (including phenoxy) is 2. The molecule has 0 saturated carbocycles. The van der Waals surface area contributed by atoms with Crippen LogP contribution in [0.1, 0.15) is 45.4 Å². The lowest BCUT2D eigenvalue weighted by Crippen LogP contribution is -2.48. The van der Waals surface area contributed by atoms with Gasteiger partial charge in [-0.05, 0) is 52.0 Å². The van der Waals surface area contributed by atoms with Crippen molar-refractivity contribution in [1.29, 1.82) is 0 Å². The van der Waals surface area contributed by atoms with Gasteiger partial charge in [-0.15, -0.1) is 0 Å². The highest BCUT2D eigenvalue weighted by Gasteiger charge is 2.17. The molecule has 0 amide bonds. The first kappa shape index (κ1) is 18.1. The molecule has 1 N–H and O–H groups in total. The SMILES string of the molecule is CC(O)CN1CCN(CCCCCOC2CCCCO2)CC1. The third-order valence-electron chi connectivity index (χ3n) is 4.55. The molecule has 2 heterocycles. The molecule has 0 bridgehead atoms. The van der Waals surface area contributed by atoms with Gasteiger partial charge in [-0.1, -0.05) is 0 Å². The molecular formula is C17H34N2O3. The van der Waals surface area contributed by atoms with Gasteiger partial charge < -0.3 is 19.5 Å². The van der Waals surface area contributed by atoms with E-state index in [1.807, 2.05) is 6.92 Å². The average molecular weight is 314 g/mol. The predicted octanol–water partition coefficient (Wildman–Crippen LogP) is 1.70. The van der Waals surface area contributed by atoms with E-state index in [1.165, 1.54) is 32.2 Å². The highest BCUT2D eigenvalue weighted by Crippen LogP contribution is 2.14. The van der Waals surface area contributed by atoms with Crippen LogP contribution >= 0.6 is 0 Å². The van der Waals surface area contributed by atoms with E-state index < -0.39 is 0 Å². The van der Waals surface area contributed by atoms with Crippen LogP contribution in [-0.2, 0) is 9.47 Å². The first-order valence-corrected chi connectivity index (χ1v) is 9.10. The normalized spacial score (nSPS) is 26.2. The van der Waals surface area contributed by atoms with Crippen molar-refractivity contribution in [2.45, 2.75) is 57.8 Å². The highest BCUT2D eigenvalue weighted by molar-refractivity contribution is 4.73. The van der Waals surface area contributed by atoms with Crippen molar-refractivity contribution in [2.24, 2.45) is 0 Å². The van der Waals surface area contributed by atoms with E-state index in [4.69, 9.17) is 9.47 Å². The van der Waals surface area contributed by atoms with Crippen molar-refractivity contribution >= 4 is 0 Å². The Morgan fingerprint density at radius 3 is 2.55 bits per heavy atom. The number of rotatable bonds is 9. The molecule has 5 heteroatoms. The van der Waals surface area contributed by atoms with Crippen molar-refractivity contribution < 1.29 is 14.6 Å². The Morgan fingerprint density at radius 2 is 1.86 bits per heavy atom. The molecule has 2 aliphatic heterocycles. The van der Waals surface area contributed by atoms with Crippen LogP contribution < -0.4 is 0 Å². The summed E-state index contributed by atoms with van der Waals surface area (Å²) in [5.41, 5.74) is 0. The fraction of sp³-hybridized carbons (Fsp3) is 1.00. The van der Waals surface area contributed by atoms with Gasteiger partial charge in [0, 0.05) is 45.9 Å². The van der Waals surface area contributed by atoms with Gasteiger partial charge in [0.2, 0.25) is 0 Å². The first-order chi connectivity index (χ1) is 10.7. The fourth-order valence-electron chi connectivity index (χ4n) is 3.24. The summed E-state index contributed by atoms with van der Waals surface area (Å²) in [7, 11) is 0. The highest BCUT2D eigenvalue weighted by atomic mass is 16.7. The van der Waals surface area contributed by atoms with Crippen LogP contribution in [0.25, 0.3) is 0 Å². The first-order valence-electron chi connectivity index (χ1n) is 9.10. The second-order valence-electron chi connectivity index (χ2n) is 6.72. The quantitative estimate of drug-likeness (QED) is 0.656. The predicted molar refractivity (Wildman–Crippen MR) is 88.0 cm³/mol. The molecule has 0 aromatic carbocycles. The standard InChI is InChI=1S/C17H34N2O3/c1-16(20)15-19-11-9-18(10-12-19)8-4-2-5-13-21-17-7-3-6-14-22-17/h16-17,20H,2-15H2,1H3. The number of hydrogen-bond donors (Lipinski definition) is 1. The summed E-state index contributed by atoms with van der Waals surface area (Å²) < 4.78 is 11.3. The lowest BCUT2D eigenvalue weighted by atomic mass is 10.2. The van der Waals surface area contributed by atoms with Gasteiger partial charge in [-0.25, -0.2) is 0 Å². The number of β-amino-alcohol motifs (C(OH)–C–C–N with tert-alkyl or cyclic N) is 1. The van der Waals surface area contributed by atoms with Gasteiger partial charge in [0.15, 0.2) is 6.29 Å². The van der Waals surface area contributed by atoms with Crippen molar-refractivity contribution in [3.63, 3.8) is 0 Å². The van der Waals surface area contributed by atoms with Gasteiger partial charge in [-0.3, -0.25) is 4.90 Å². The van der Waals surface area contributed by atoms with Gasteiger partial charge in [0.1, 0.15) is 0 Å². The smallest absolute Gasteiger partial charge is 0.157 e. The molecule has 0 aromatic rings. The van der Waals surface area contributed by atoms with Crippen molar-refractivity contribution in [3.8, 4) is 0 Å². The van der Waals surface area contributed by atoms with E-state index in [0.29, 0.717) is 0 Å². The molecule has 0 spiro atoms. The van der Waals surface area contributed by atoms with Crippen molar-refractivity contribution in [3.05, 3.63) is 0 Å². The zero-order valence-corrected chi connectivity index (χ0v) is 14.2. The molecule has 2 unspecified atom stereocenters. The zero-order chi connectivity index (χ0) is 15.6. The summed E-state index contributed by atoms with van der Waals surface area (Å²) in [6, 6.07) is 0. The average Bonchev–Trinajstić information content (AvgIpc) is 2.53. The van der Waals surface area contributed by atoms with Crippen LogP contribution in [0.15, 0.2) is 0 Å². The summed E-state index contributed by atoms with van der Waals surface area (Å²) >= 11 is 0. The Bertz CT molecular complexity index is 275. The summed E-state index contributed by atoms with van der Waals surface area (Å²) in [4.78, 5) is 4.91. The second-order valence-corrected chi connectivity index (χ2v) is 6.72. The van der Waals surface area contributed by atoms with Crippen LogP contribution in [0.5, 0.6) is 0 Å². The second kappa shape index (κ2) is 10.6. The number of piperazine rings is 1. The molecule has 2 atom stereocenters. The molecule has 130 valence electrons. The summed E-state index contributed by atoms with van der Waals surface area (Å²) in [5, 5.41) is 9.41.